The van der Waals surface area contributed by atoms with Crippen LogP contribution >= 0.6 is 11.6 Å². The van der Waals surface area contributed by atoms with Crippen molar-refractivity contribution in [1.29, 1.82) is 0 Å². The predicted molar refractivity (Wildman–Crippen MR) is 125 cm³/mol. The van der Waals surface area contributed by atoms with Gasteiger partial charge in [0.2, 0.25) is 6.79 Å². The van der Waals surface area contributed by atoms with Crippen LogP contribution in [0.2, 0.25) is 5.02 Å². The number of carbonyl (C=O) groups excluding carboxylic acids is 1. The lowest BCUT2D eigenvalue weighted by molar-refractivity contribution is -0.137. The first-order valence-electron chi connectivity index (χ1n) is 10.2. The Morgan fingerprint density at radius 2 is 1.83 bits per heavy atom. The standard InChI is InChI=1S/C24H17ClF3NO6S/c1-2-10-29(16-5-3-4-15(11-16)24(26,27)28)36(31,32)18-7-8-20(25)19(13-18)23(30)35-17-6-9-21-22(12-17)34-14-33-21/h2-9,11-13H,1,10,14H2. The zero-order chi connectivity index (χ0) is 26.1. The number of nitrogens with zero attached hydrogens (tertiary/aromatic N) is 1. The summed E-state index contributed by atoms with van der Waals surface area (Å²) >= 11 is 6.13. The molecule has 0 bridgehead atoms. The number of carbonyl (C=O) groups is 1. The second-order valence-electron chi connectivity index (χ2n) is 7.42. The van der Waals surface area contributed by atoms with Gasteiger partial charge in [0.1, 0.15) is 5.75 Å². The molecule has 0 amide bonds. The van der Waals surface area contributed by atoms with Gasteiger partial charge < -0.3 is 14.2 Å². The Labute approximate surface area is 209 Å². The quantitative estimate of drug-likeness (QED) is 0.218. The second kappa shape index (κ2) is 9.75. The second-order valence-corrected chi connectivity index (χ2v) is 9.69. The summed E-state index contributed by atoms with van der Waals surface area (Å²) in [6.45, 7) is 3.18. The number of ether oxygens (including phenoxy) is 3. The summed E-state index contributed by atoms with van der Waals surface area (Å²) in [5, 5.41) is -0.0889. The molecule has 0 fully saturated rings. The first kappa shape index (κ1) is 25.4. The van der Waals surface area contributed by atoms with Crippen molar-refractivity contribution in [2.45, 2.75) is 11.1 Å². The Hall–Kier alpha value is -3.70. The lowest BCUT2D eigenvalue weighted by Gasteiger charge is -2.24. The highest BCUT2D eigenvalue weighted by atomic mass is 35.5. The van der Waals surface area contributed by atoms with E-state index >= 15 is 0 Å². The van der Waals surface area contributed by atoms with Gasteiger partial charge in [-0.25, -0.2) is 13.2 Å². The third-order valence-corrected chi connectivity index (χ3v) is 7.18. The number of anilines is 1. The van der Waals surface area contributed by atoms with Crippen LogP contribution in [-0.2, 0) is 16.2 Å². The van der Waals surface area contributed by atoms with E-state index in [1.807, 2.05) is 0 Å². The highest BCUT2D eigenvalue weighted by Crippen LogP contribution is 2.36. The minimum absolute atomic E-state index is 0.0194. The average Bonchev–Trinajstić information content (AvgIpc) is 3.30. The molecule has 3 aromatic rings. The van der Waals surface area contributed by atoms with Crippen molar-refractivity contribution in [3.05, 3.63) is 89.5 Å². The van der Waals surface area contributed by atoms with Crippen LogP contribution < -0.4 is 18.5 Å². The Kier molecular flexibility index (Phi) is 6.87. The van der Waals surface area contributed by atoms with Gasteiger partial charge in [-0.05, 0) is 48.5 Å². The van der Waals surface area contributed by atoms with Gasteiger partial charge in [0, 0.05) is 6.07 Å². The molecule has 4 rings (SSSR count). The molecule has 0 spiro atoms. The van der Waals surface area contributed by atoms with Gasteiger partial charge in [0.05, 0.1) is 33.3 Å². The summed E-state index contributed by atoms with van der Waals surface area (Å²) in [6, 6.07) is 11.6. The van der Waals surface area contributed by atoms with E-state index in [9.17, 15) is 26.4 Å². The third kappa shape index (κ3) is 5.12. The Morgan fingerprint density at radius 3 is 2.56 bits per heavy atom. The maximum absolute atomic E-state index is 13.4. The van der Waals surface area contributed by atoms with E-state index in [0.717, 1.165) is 28.6 Å². The molecule has 0 atom stereocenters. The fourth-order valence-corrected chi connectivity index (χ4v) is 5.00. The van der Waals surface area contributed by atoms with E-state index in [-0.39, 0.29) is 40.3 Å². The Morgan fingerprint density at radius 1 is 1.08 bits per heavy atom. The van der Waals surface area contributed by atoms with Crippen LogP contribution in [-0.4, -0.2) is 27.7 Å². The number of fused-ring (bicyclic) bond motifs is 1. The molecule has 0 aliphatic carbocycles. The van der Waals surface area contributed by atoms with Crippen molar-refractivity contribution in [3.8, 4) is 17.2 Å². The molecule has 3 aromatic carbocycles. The highest BCUT2D eigenvalue weighted by Gasteiger charge is 2.33. The number of halogens is 4. The van der Waals surface area contributed by atoms with E-state index < -0.39 is 27.7 Å². The normalized spacial score (nSPS) is 12.8. The molecule has 188 valence electrons. The molecule has 0 unspecified atom stereocenters. The zero-order valence-electron chi connectivity index (χ0n) is 18.3. The maximum atomic E-state index is 13.4. The van der Waals surface area contributed by atoms with Crippen LogP contribution in [0, 0.1) is 0 Å². The molecule has 0 radical (unpaired) electrons. The first-order valence-corrected chi connectivity index (χ1v) is 12.0. The largest absolute Gasteiger partial charge is 0.454 e. The first-order chi connectivity index (χ1) is 17.0. The van der Waals surface area contributed by atoms with Crippen LogP contribution in [0.5, 0.6) is 17.2 Å². The monoisotopic (exact) mass is 539 g/mol. The summed E-state index contributed by atoms with van der Waals surface area (Å²) in [6.07, 6.45) is -3.45. The van der Waals surface area contributed by atoms with Crippen molar-refractivity contribution >= 4 is 33.3 Å². The van der Waals surface area contributed by atoms with E-state index in [1.54, 1.807) is 0 Å². The molecule has 0 N–H and O–H groups in total. The molecular formula is C24H17ClF3NO6S. The zero-order valence-corrected chi connectivity index (χ0v) is 19.9. The smallest absolute Gasteiger partial charge is 0.416 e. The summed E-state index contributed by atoms with van der Waals surface area (Å²) in [7, 11) is -4.44. The van der Waals surface area contributed by atoms with Gasteiger partial charge in [-0.1, -0.05) is 23.7 Å². The van der Waals surface area contributed by atoms with E-state index in [4.69, 9.17) is 25.8 Å². The van der Waals surface area contributed by atoms with Crippen molar-refractivity contribution in [2.24, 2.45) is 0 Å². The Bertz CT molecular complexity index is 1440. The van der Waals surface area contributed by atoms with Crippen molar-refractivity contribution < 1.29 is 40.6 Å². The highest BCUT2D eigenvalue weighted by molar-refractivity contribution is 7.92. The predicted octanol–water partition coefficient (Wildman–Crippen LogP) is 5.69. The molecule has 36 heavy (non-hydrogen) atoms. The fourth-order valence-electron chi connectivity index (χ4n) is 3.35. The van der Waals surface area contributed by atoms with Gasteiger partial charge in [-0.3, -0.25) is 4.31 Å². The van der Waals surface area contributed by atoms with Crippen molar-refractivity contribution in [2.75, 3.05) is 17.6 Å². The number of esters is 1. The van der Waals surface area contributed by atoms with Crippen LogP contribution in [0.1, 0.15) is 15.9 Å². The minimum Gasteiger partial charge on any atom is -0.454 e. The summed E-state index contributed by atoms with van der Waals surface area (Å²) in [4.78, 5) is 12.4. The van der Waals surface area contributed by atoms with Gasteiger partial charge in [0.15, 0.2) is 11.5 Å². The Balaban J connectivity index is 1.67. The number of hydrogen-bond donors (Lipinski definition) is 0. The number of benzene rings is 3. The van der Waals surface area contributed by atoms with E-state index in [0.29, 0.717) is 17.6 Å². The summed E-state index contributed by atoms with van der Waals surface area (Å²) in [5.41, 5.74) is -1.52. The summed E-state index contributed by atoms with van der Waals surface area (Å²) < 4.78 is 83.0. The average molecular weight is 540 g/mol. The van der Waals surface area contributed by atoms with Gasteiger partial charge in [-0.15, -0.1) is 6.58 Å². The topological polar surface area (TPSA) is 82.1 Å². The van der Waals surface area contributed by atoms with Gasteiger partial charge in [0.25, 0.3) is 10.0 Å². The molecule has 1 heterocycles. The van der Waals surface area contributed by atoms with E-state index in [1.165, 1.54) is 36.4 Å². The molecular weight excluding hydrogens is 523 g/mol. The van der Waals surface area contributed by atoms with Crippen LogP contribution in [0.4, 0.5) is 18.9 Å². The molecule has 0 saturated carbocycles. The van der Waals surface area contributed by atoms with Crippen LogP contribution in [0.15, 0.2) is 78.2 Å². The third-order valence-electron chi connectivity index (χ3n) is 5.06. The molecule has 1 aliphatic rings. The van der Waals surface area contributed by atoms with Crippen LogP contribution in [0.3, 0.4) is 0 Å². The molecule has 12 heteroatoms. The number of rotatable bonds is 7. The lowest BCUT2D eigenvalue weighted by Crippen LogP contribution is -2.31. The lowest BCUT2D eigenvalue weighted by atomic mass is 10.2. The number of hydrogen-bond acceptors (Lipinski definition) is 6. The molecule has 0 saturated heterocycles. The van der Waals surface area contributed by atoms with Gasteiger partial charge in [-0.2, -0.15) is 13.2 Å². The SMILES string of the molecule is C=CCN(c1cccc(C(F)(F)F)c1)S(=O)(=O)c1ccc(Cl)c(C(=O)Oc2ccc3c(c2)OCO3)c1. The number of alkyl halides is 3. The van der Waals surface area contributed by atoms with E-state index in [2.05, 4.69) is 6.58 Å². The molecule has 7 nitrogen and oxygen atoms in total. The number of sulfonamides is 1. The molecule has 1 aliphatic heterocycles. The minimum atomic E-state index is -4.68. The van der Waals surface area contributed by atoms with Crippen molar-refractivity contribution in [1.82, 2.24) is 0 Å². The summed E-state index contributed by atoms with van der Waals surface area (Å²) in [5.74, 6) is -0.0159. The van der Waals surface area contributed by atoms with Gasteiger partial charge >= 0.3 is 12.1 Å². The van der Waals surface area contributed by atoms with Crippen molar-refractivity contribution in [3.63, 3.8) is 0 Å². The van der Waals surface area contributed by atoms with Crippen LogP contribution in [0.25, 0.3) is 0 Å². The maximum Gasteiger partial charge on any atom is 0.416 e. The fraction of sp³-hybridized carbons (Fsp3) is 0.125. The molecule has 0 aromatic heterocycles.